The Hall–Kier alpha value is -6.55. The van der Waals surface area contributed by atoms with E-state index in [1.807, 2.05) is 68.6 Å². The number of hydrogen-bond donors (Lipinski definition) is 4. The van der Waals surface area contributed by atoms with Gasteiger partial charge in [-0.1, -0.05) is 37.8 Å². The second kappa shape index (κ2) is 35.9. The number of rotatable bonds is 23. The Kier molecular flexibility index (Phi) is 29.5. The van der Waals surface area contributed by atoms with Crippen LogP contribution >= 0.6 is 0 Å². The fourth-order valence-corrected chi connectivity index (χ4v) is 10.5. The first-order chi connectivity index (χ1) is 38.5. The molecule has 0 aliphatic carbocycles. The van der Waals surface area contributed by atoms with Gasteiger partial charge in [0.2, 0.25) is 0 Å². The van der Waals surface area contributed by atoms with E-state index >= 15 is 4.39 Å². The summed E-state index contributed by atoms with van der Waals surface area (Å²) >= 11 is 0. The fourth-order valence-electron chi connectivity index (χ4n) is 10.5. The first-order valence-electron chi connectivity index (χ1n) is 28.2. The molecule has 430 valence electrons. The average Bonchev–Trinajstić information content (AvgIpc) is 3.94. The summed E-state index contributed by atoms with van der Waals surface area (Å²) in [7, 11) is 7.69. The van der Waals surface area contributed by atoms with Crippen LogP contribution in [-0.4, -0.2) is 142 Å². The molecule has 0 bridgehead atoms. The highest BCUT2D eigenvalue weighted by molar-refractivity contribution is 5.98. The Morgan fingerprint density at radius 2 is 1.72 bits per heavy atom. The van der Waals surface area contributed by atoms with Gasteiger partial charge in [0.25, 0.3) is 0 Å². The lowest BCUT2D eigenvalue weighted by Crippen LogP contribution is -2.39. The van der Waals surface area contributed by atoms with Gasteiger partial charge in [-0.15, -0.1) is 19.7 Å². The highest BCUT2D eigenvalue weighted by Crippen LogP contribution is 2.38. The van der Waals surface area contributed by atoms with Crippen molar-refractivity contribution in [1.29, 1.82) is 5.41 Å². The van der Waals surface area contributed by atoms with Crippen LogP contribution in [0.25, 0.3) is 16.7 Å². The molecule has 0 radical (unpaired) electrons. The van der Waals surface area contributed by atoms with Crippen molar-refractivity contribution in [1.82, 2.24) is 40.4 Å². The van der Waals surface area contributed by atoms with E-state index < -0.39 is 6.67 Å². The number of unbranched alkanes of at least 4 members (excludes halogenated alkanes) is 2. The maximum absolute atomic E-state index is 16.9. The molecule has 4 N–H and O–H groups in total. The number of ether oxygens (including phenoxy) is 1. The van der Waals surface area contributed by atoms with Crippen LogP contribution in [0.1, 0.15) is 129 Å². The van der Waals surface area contributed by atoms with Gasteiger partial charge in [0.15, 0.2) is 12.6 Å². The van der Waals surface area contributed by atoms with Crippen LogP contribution < -0.4 is 21.0 Å². The first kappa shape index (κ1) is 65.0. The van der Waals surface area contributed by atoms with Gasteiger partial charge in [-0.3, -0.25) is 30.4 Å². The Labute approximate surface area is 470 Å². The Morgan fingerprint density at radius 3 is 2.34 bits per heavy atom. The summed E-state index contributed by atoms with van der Waals surface area (Å²) in [6.45, 7) is 21.6. The van der Waals surface area contributed by atoms with E-state index in [1.165, 1.54) is 12.2 Å². The molecule has 14 nitrogen and oxygen atoms in total. The molecule has 0 unspecified atom stereocenters. The third kappa shape index (κ3) is 19.4. The van der Waals surface area contributed by atoms with Gasteiger partial charge in [-0.05, 0) is 139 Å². The van der Waals surface area contributed by atoms with Crippen molar-refractivity contribution in [2.75, 3.05) is 92.2 Å². The lowest BCUT2D eigenvalue weighted by Gasteiger charge is -2.39. The summed E-state index contributed by atoms with van der Waals surface area (Å²) in [5, 5.41) is 19.2. The van der Waals surface area contributed by atoms with Crippen LogP contribution in [0.3, 0.4) is 0 Å². The monoisotopic (exact) mass is 1090 g/mol. The van der Waals surface area contributed by atoms with Crippen LogP contribution in [0.4, 0.5) is 14.5 Å². The normalized spacial score (nSPS) is 16.9. The van der Waals surface area contributed by atoms with Gasteiger partial charge in [0.1, 0.15) is 24.3 Å². The lowest BCUT2D eigenvalue weighted by atomic mass is 9.90. The number of hydrogen-bond acceptors (Lipinski definition) is 12. The van der Waals surface area contributed by atoms with E-state index in [2.05, 4.69) is 68.6 Å². The predicted molar refractivity (Wildman–Crippen MR) is 322 cm³/mol. The Bertz CT molecular complexity index is 2590. The third-order valence-electron chi connectivity index (χ3n) is 14.9. The van der Waals surface area contributed by atoms with Crippen LogP contribution in [0.2, 0.25) is 0 Å². The number of nitrogens with zero attached hydrogens (tertiary/aromatic N) is 6. The van der Waals surface area contributed by atoms with Gasteiger partial charge < -0.3 is 34.6 Å². The number of carbonyl (C=O) groups is 2. The molecular formula is C63H90F2N10O4. The molecule has 7 rings (SSSR count). The van der Waals surface area contributed by atoms with Crippen LogP contribution in [0.5, 0.6) is 0 Å². The van der Waals surface area contributed by atoms with E-state index in [-0.39, 0.29) is 17.9 Å². The minimum absolute atomic E-state index is 0.173. The zero-order valence-corrected chi connectivity index (χ0v) is 48.0. The number of halogens is 2. The number of aromatic nitrogens is 2. The highest BCUT2D eigenvalue weighted by Gasteiger charge is 2.29. The molecule has 3 aromatic rings. The molecule has 0 atom stereocenters. The molecule has 4 aliphatic rings. The van der Waals surface area contributed by atoms with E-state index in [0.29, 0.717) is 66.7 Å². The van der Waals surface area contributed by atoms with Gasteiger partial charge in [0, 0.05) is 154 Å². The molecule has 79 heavy (non-hydrogen) atoms. The van der Waals surface area contributed by atoms with Crippen molar-refractivity contribution in [3.05, 3.63) is 144 Å². The second-order valence-corrected chi connectivity index (χ2v) is 20.2. The van der Waals surface area contributed by atoms with Gasteiger partial charge in [0.05, 0.1) is 5.52 Å². The SMILES string of the molecule is C=C.C=C(CC1CCN(c2cccc(C=O)c2C=O)CC1)N1CCC(n2cc(/C(F)=C/C3=C(/C=C/CF)N(C(=N)/C(CC)=C(/CCNC)NC4CCOCC4)CCC3)c3cnccc32)CC1.C=CCCCC=C=O.CNN(C)C. The van der Waals surface area contributed by atoms with Crippen molar-refractivity contribution >= 4 is 46.8 Å². The van der Waals surface area contributed by atoms with Crippen molar-refractivity contribution in [2.24, 2.45) is 5.92 Å². The number of allylic oxidation sites excluding steroid dienone is 7. The van der Waals surface area contributed by atoms with E-state index in [0.717, 1.165) is 161 Å². The number of nitrogens with one attached hydrogen (secondary N) is 4. The molecule has 0 amide bonds. The van der Waals surface area contributed by atoms with Crippen LogP contribution in [-0.2, 0) is 9.53 Å². The van der Waals surface area contributed by atoms with Gasteiger partial charge >= 0.3 is 0 Å². The Balaban J connectivity index is 0.000000792. The number of amidine groups is 1. The number of hydrazine groups is 1. The van der Waals surface area contributed by atoms with Crippen molar-refractivity contribution < 1.29 is 27.9 Å². The molecule has 6 heterocycles. The molecular weight excluding hydrogens is 999 g/mol. The summed E-state index contributed by atoms with van der Waals surface area (Å²) in [5.74, 6) is 2.20. The van der Waals surface area contributed by atoms with Gasteiger partial charge in [-0.2, -0.15) is 0 Å². The zero-order chi connectivity index (χ0) is 57.5. The van der Waals surface area contributed by atoms with Gasteiger partial charge in [-0.25, -0.2) is 13.6 Å². The van der Waals surface area contributed by atoms with Crippen molar-refractivity contribution in [2.45, 2.75) is 109 Å². The van der Waals surface area contributed by atoms with E-state index in [9.17, 15) is 24.2 Å². The topological polar surface area (TPSA) is 151 Å². The zero-order valence-electron chi connectivity index (χ0n) is 48.0. The maximum Gasteiger partial charge on any atom is 0.152 e. The highest BCUT2D eigenvalue weighted by atomic mass is 19.1. The molecule has 3 saturated heterocycles. The average molecular weight is 1090 g/mol. The maximum atomic E-state index is 16.9. The molecule has 1 aromatic carbocycles. The molecule has 16 heteroatoms. The first-order valence-corrected chi connectivity index (χ1v) is 28.2. The number of piperidine rings is 2. The molecule has 2 aromatic heterocycles. The quantitative estimate of drug-likeness (QED) is 0.0136. The Morgan fingerprint density at radius 1 is 1.00 bits per heavy atom. The minimum atomic E-state index is -0.659. The number of anilines is 1. The number of aldehydes is 2. The lowest BCUT2D eigenvalue weighted by molar-refractivity contribution is 0.0801. The molecule has 4 aliphatic heterocycles. The molecule has 0 saturated carbocycles. The number of benzene rings is 1. The summed E-state index contributed by atoms with van der Waals surface area (Å²) in [4.78, 5) is 43.9. The predicted octanol–water partition coefficient (Wildman–Crippen LogP) is 11.5. The third-order valence-corrected chi connectivity index (χ3v) is 14.9. The summed E-state index contributed by atoms with van der Waals surface area (Å²) in [6, 6.07) is 7.86. The number of alkyl halides is 1. The second-order valence-electron chi connectivity index (χ2n) is 20.2. The molecule has 3 fully saturated rings. The number of likely N-dealkylation sites (tertiary alicyclic amines) is 1. The minimum Gasteiger partial charge on any atom is -0.385 e. The summed E-state index contributed by atoms with van der Waals surface area (Å²) in [6.07, 6.45) is 27.1. The van der Waals surface area contributed by atoms with E-state index in [1.54, 1.807) is 36.6 Å². The van der Waals surface area contributed by atoms with Crippen LogP contribution in [0.15, 0.2) is 128 Å². The largest absolute Gasteiger partial charge is 0.385 e. The number of fused-ring (bicyclic) bond motifs is 1. The van der Waals surface area contributed by atoms with E-state index in [4.69, 9.17) is 4.74 Å². The number of pyridine rings is 1. The standard InChI is InChI=1S/C51H66F2N8O3.C7H10O.C3H10N2.C2H4/c1-4-42(47(12-21-55-3)57-40-18-28-64-29-19-40)51(54)60-23-7-9-38(48(60)11-6-20-52)31-46(53)44-33-61(50-13-22-56-32-43(44)50)41-16-26-58(27-17-41)36(2)30-37-14-24-59(25-15-37)49-10-5-8-39(34-62)45(49)35-63;1-2-3-4-5-6-7-8;1-4-5(2)3;1-2/h5-6,8,10-11,13,22,31-35,37,40-41,54-55,57H,2,4,7,9,12,14-21,23-30H2,1,3H3;2,6H,1,3-5H2;4H,1-3H3;1-2H2/b11-6+,46-31-,47-42-,54-51?;;;. The smallest absolute Gasteiger partial charge is 0.152 e. The number of carbonyl (C=O) groups excluding carboxylic acids is 3. The summed E-state index contributed by atoms with van der Waals surface area (Å²) in [5.41, 5.74) is 10.5. The van der Waals surface area contributed by atoms with Crippen molar-refractivity contribution in [3.8, 4) is 0 Å². The fraction of sp³-hybridized carbons (Fsp3) is 0.492. The summed E-state index contributed by atoms with van der Waals surface area (Å²) < 4.78 is 38.5. The van der Waals surface area contributed by atoms with Crippen LogP contribution in [0, 0.1) is 11.3 Å². The van der Waals surface area contributed by atoms with Crippen molar-refractivity contribution in [3.63, 3.8) is 0 Å². The molecule has 0 spiro atoms.